The van der Waals surface area contributed by atoms with Crippen molar-refractivity contribution < 1.29 is 19.0 Å². The van der Waals surface area contributed by atoms with E-state index in [-0.39, 0.29) is 0 Å². The number of carbonyl (C=O) groups excluding carboxylic acids is 1. The Hall–Kier alpha value is -1.07. The van der Waals surface area contributed by atoms with E-state index in [0.717, 1.165) is 11.8 Å². The smallest absolute Gasteiger partial charge is 0.138 e. The number of alkyl halides is 1. The Bertz CT molecular complexity index is 367. The summed E-state index contributed by atoms with van der Waals surface area (Å²) in [6, 6.07) is 3.66. The lowest BCUT2D eigenvalue weighted by molar-refractivity contribution is -0.107. The molecule has 1 atom stereocenters. The highest BCUT2D eigenvalue weighted by Gasteiger charge is 2.19. The van der Waals surface area contributed by atoms with Crippen LogP contribution in [0.2, 0.25) is 0 Å². The molecule has 0 N–H and O–H groups in total. The molecule has 0 heterocycles. The highest BCUT2D eigenvalue weighted by molar-refractivity contribution is 9.09. The summed E-state index contributed by atoms with van der Waals surface area (Å²) in [5.41, 5.74) is 1.61. The maximum absolute atomic E-state index is 10.9. The zero-order valence-electron chi connectivity index (χ0n) is 10.0. The Morgan fingerprint density at radius 2 is 1.76 bits per heavy atom. The monoisotopic (exact) mass is 302 g/mol. The highest BCUT2D eigenvalue weighted by Crippen LogP contribution is 2.38. The summed E-state index contributed by atoms with van der Waals surface area (Å²) in [6.07, 6.45) is 0.788. The van der Waals surface area contributed by atoms with E-state index in [2.05, 4.69) is 15.9 Å². The second-order valence-electron chi connectivity index (χ2n) is 3.38. The lowest BCUT2D eigenvalue weighted by Gasteiger charge is -2.16. The van der Waals surface area contributed by atoms with E-state index in [1.807, 2.05) is 12.1 Å². The molecule has 4 nitrogen and oxygen atoms in total. The number of hydrogen-bond donors (Lipinski definition) is 0. The van der Waals surface area contributed by atoms with Gasteiger partial charge in [-0.15, -0.1) is 0 Å². The van der Waals surface area contributed by atoms with Crippen LogP contribution in [0, 0.1) is 0 Å². The highest BCUT2D eigenvalue weighted by atomic mass is 79.9. The fraction of sp³-hybridized carbons (Fsp3) is 0.417. The van der Waals surface area contributed by atoms with Crippen molar-refractivity contribution >= 4 is 22.2 Å². The molecule has 1 aromatic rings. The third kappa shape index (κ3) is 3.20. The van der Waals surface area contributed by atoms with Gasteiger partial charge in [-0.3, -0.25) is 0 Å². The second kappa shape index (κ2) is 6.61. The van der Waals surface area contributed by atoms with Gasteiger partial charge in [-0.25, -0.2) is 0 Å². The Morgan fingerprint density at radius 3 is 2.12 bits per heavy atom. The molecule has 0 aliphatic heterocycles. The predicted molar refractivity (Wildman–Crippen MR) is 68.0 cm³/mol. The molecule has 0 saturated heterocycles. The first kappa shape index (κ1) is 14.0. The first-order valence-corrected chi connectivity index (χ1v) is 5.92. The van der Waals surface area contributed by atoms with E-state index >= 15 is 0 Å². The van der Waals surface area contributed by atoms with Crippen LogP contribution in [0.5, 0.6) is 11.5 Å². The molecule has 94 valence electrons. The van der Waals surface area contributed by atoms with Gasteiger partial charge in [-0.2, -0.15) is 0 Å². The molecule has 0 fully saturated rings. The van der Waals surface area contributed by atoms with Gasteiger partial charge in [0.1, 0.15) is 22.6 Å². The van der Waals surface area contributed by atoms with Crippen molar-refractivity contribution in [2.75, 3.05) is 21.3 Å². The van der Waals surface area contributed by atoms with Gasteiger partial charge < -0.3 is 19.0 Å². The van der Waals surface area contributed by atoms with E-state index in [1.54, 1.807) is 21.3 Å². The minimum absolute atomic E-state index is 0.455. The summed E-state index contributed by atoms with van der Waals surface area (Å²) in [5.74, 6) is 1.20. The van der Waals surface area contributed by atoms with Crippen molar-refractivity contribution in [3.05, 3.63) is 23.3 Å². The van der Waals surface area contributed by atoms with Gasteiger partial charge in [-0.1, -0.05) is 15.9 Å². The minimum atomic E-state index is -0.455. The van der Waals surface area contributed by atoms with Crippen LogP contribution in [0.1, 0.15) is 16.0 Å². The largest absolute Gasteiger partial charge is 0.496 e. The molecular weight excluding hydrogens is 288 g/mol. The van der Waals surface area contributed by atoms with Crippen molar-refractivity contribution in [2.45, 2.75) is 11.4 Å². The molecule has 0 amide bonds. The van der Waals surface area contributed by atoms with Crippen LogP contribution in [0.3, 0.4) is 0 Å². The van der Waals surface area contributed by atoms with Crippen LogP contribution in [-0.2, 0) is 16.1 Å². The fourth-order valence-corrected chi connectivity index (χ4v) is 2.03. The zero-order chi connectivity index (χ0) is 12.8. The van der Waals surface area contributed by atoms with Crippen molar-refractivity contribution in [3.63, 3.8) is 0 Å². The number of methoxy groups -OCH3 is 3. The summed E-state index contributed by atoms with van der Waals surface area (Å²) < 4.78 is 15.6. The molecular formula is C12H15BrO4. The van der Waals surface area contributed by atoms with Crippen LogP contribution >= 0.6 is 15.9 Å². The fourth-order valence-electron chi connectivity index (χ4n) is 1.58. The lowest BCUT2D eigenvalue weighted by atomic mass is 10.1. The van der Waals surface area contributed by atoms with E-state index in [0.29, 0.717) is 23.7 Å². The van der Waals surface area contributed by atoms with Crippen molar-refractivity contribution in [2.24, 2.45) is 0 Å². The van der Waals surface area contributed by atoms with Gasteiger partial charge >= 0.3 is 0 Å². The first-order chi connectivity index (χ1) is 8.17. The average molecular weight is 303 g/mol. The van der Waals surface area contributed by atoms with Gasteiger partial charge in [0.05, 0.1) is 26.4 Å². The number of rotatable bonds is 6. The molecule has 0 spiro atoms. The standard InChI is InChI=1S/C12H15BrO4/c1-15-7-8-4-10(16-2)12(9(13)6-14)11(5-8)17-3/h4-6,9H,7H2,1-3H3. The van der Waals surface area contributed by atoms with Crippen LogP contribution < -0.4 is 9.47 Å². The number of carbonyl (C=O) groups is 1. The summed E-state index contributed by atoms with van der Waals surface area (Å²) in [7, 11) is 4.73. The Labute approximate surface area is 109 Å². The molecule has 1 unspecified atom stereocenters. The topological polar surface area (TPSA) is 44.8 Å². The van der Waals surface area contributed by atoms with E-state index < -0.39 is 4.83 Å². The maximum Gasteiger partial charge on any atom is 0.138 e. The van der Waals surface area contributed by atoms with Crippen molar-refractivity contribution in [1.29, 1.82) is 0 Å². The van der Waals surface area contributed by atoms with Crippen LogP contribution in [0.25, 0.3) is 0 Å². The van der Waals surface area contributed by atoms with Crippen LogP contribution in [0.15, 0.2) is 12.1 Å². The van der Waals surface area contributed by atoms with Crippen molar-refractivity contribution in [1.82, 2.24) is 0 Å². The average Bonchev–Trinajstić information content (AvgIpc) is 2.37. The van der Waals surface area contributed by atoms with Gasteiger partial charge in [0, 0.05) is 7.11 Å². The summed E-state index contributed by atoms with van der Waals surface area (Å²) >= 11 is 3.27. The molecule has 0 saturated carbocycles. The van der Waals surface area contributed by atoms with E-state index in [9.17, 15) is 4.79 Å². The Kier molecular flexibility index (Phi) is 5.44. The molecule has 17 heavy (non-hydrogen) atoms. The molecule has 5 heteroatoms. The first-order valence-electron chi connectivity index (χ1n) is 5.01. The van der Waals surface area contributed by atoms with E-state index in [4.69, 9.17) is 14.2 Å². The Morgan fingerprint density at radius 1 is 1.24 bits per heavy atom. The lowest BCUT2D eigenvalue weighted by Crippen LogP contribution is -2.02. The molecule has 0 aliphatic carbocycles. The van der Waals surface area contributed by atoms with Gasteiger partial charge in [0.15, 0.2) is 0 Å². The maximum atomic E-state index is 10.9. The number of ether oxygens (including phenoxy) is 3. The molecule has 0 aromatic heterocycles. The van der Waals surface area contributed by atoms with Crippen LogP contribution in [-0.4, -0.2) is 27.6 Å². The molecule has 1 rings (SSSR count). The van der Waals surface area contributed by atoms with Gasteiger partial charge in [0.25, 0.3) is 0 Å². The third-order valence-corrected chi connectivity index (χ3v) is 2.98. The van der Waals surface area contributed by atoms with Crippen LogP contribution in [0.4, 0.5) is 0 Å². The number of halogens is 1. The Balaban J connectivity index is 3.30. The number of aldehydes is 1. The summed E-state index contributed by atoms with van der Waals surface area (Å²) in [4.78, 5) is 10.4. The number of benzene rings is 1. The molecule has 0 bridgehead atoms. The number of hydrogen-bond acceptors (Lipinski definition) is 4. The minimum Gasteiger partial charge on any atom is -0.496 e. The molecule has 1 aromatic carbocycles. The normalized spacial score (nSPS) is 12.0. The predicted octanol–water partition coefficient (Wildman–Crippen LogP) is 2.49. The molecule has 0 aliphatic rings. The van der Waals surface area contributed by atoms with E-state index in [1.165, 1.54) is 0 Å². The summed E-state index contributed by atoms with van der Waals surface area (Å²) in [6.45, 7) is 0.459. The van der Waals surface area contributed by atoms with Gasteiger partial charge in [-0.05, 0) is 17.7 Å². The third-order valence-electron chi connectivity index (χ3n) is 2.31. The second-order valence-corrected chi connectivity index (χ2v) is 4.37. The zero-order valence-corrected chi connectivity index (χ0v) is 11.6. The quantitative estimate of drug-likeness (QED) is 0.598. The summed E-state index contributed by atoms with van der Waals surface area (Å²) in [5, 5.41) is 0. The SMILES string of the molecule is COCc1cc(OC)c(C(Br)C=O)c(OC)c1. The molecule has 0 radical (unpaired) electrons. The van der Waals surface area contributed by atoms with Gasteiger partial charge in [0.2, 0.25) is 0 Å². The van der Waals surface area contributed by atoms with Crippen molar-refractivity contribution in [3.8, 4) is 11.5 Å².